The Morgan fingerprint density at radius 1 is 0.785 bits per heavy atom. The van der Waals surface area contributed by atoms with E-state index in [2.05, 4.69) is 30.9 Å². The van der Waals surface area contributed by atoms with Gasteiger partial charge in [0, 0.05) is 68.0 Å². The topological polar surface area (TPSA) is 223 Å². The quantitative estimate of drug-likeness (QED) is 0.0800. The van der Waals surface area contributed by atoms with Gasteiger partial charge in [-0.05, 0) is 73.2 Å². The second-order valence-corrected chi connectivity index (χ2v) is 17.7. The molecule has 65 heavy (non-hydrogen) atoms. The minimum Gasteiger partial charge on any atom is -0.383 e. The highest BCUT2D eigenvalue weighted by Gasteiger charge is 2.44. The molecule has 20 heteroatoms. The number of nitrogens with zero attached hydrogens (tertiary/aromatic N) is 6. The molecular weight excluding hydrogens is 859 g/mol. The smallest absolute Gasteiger partial charge is 0.262 e. The van der Waals surface area contributed by atoms with Crippen molar-refractivity contribution in [2.45, 2.75) is 30.2 Å². The van der Waals surface area contributed by atoms with Gasteiger partial charge in [0.05, 0.1) is 67.8 Å². The SMILES string of the molecule is CS(=O)(=O)c1ccc(-c2cccc3nc(Nc4ccc(N5CCN(C(=O)CCOCCOCCOCCNc6ccc7c(c6)C(=O)N(C6CCC(=O)NC6=O)C7=O)CC5)cc4)nn23)cc1. The van der Waals surface area contributed by atoms with Crippen LogP contribution in [0.4, 0.5) is 23.0 Å². The van der Waals surface area contributed by atoms with Crippen LogP contribution < -0.4 is 20.9 Å². The first kappa shape index (κ1) is 44.9. The van der Waals surface area contributed by atoms with Crippen LogP contribution in [-0.4, -0.2) is 147 Å². The van der Waals surface area contributed by atoms with Gasteiger partial charge >= 0.3 is 0 Å². The number of rotatable bonds is 19. The lowest BCUT2D eigenvalue weighted by molar-refractivity contribution is -0.136. The zero-order chi connectivity index (χ0) is 45.5. The Morgan fingerprint density at radius 2 is 1.46 bits per heavy atom. The molecule has 3 aliphatic heterocycles. The van der Waals surface area contributed by atoms with E-state index in [1.54, 1.807) is 47.0 Å². The van der Waals surface area contributed by atoms with Crippen LogP contribution in [0.25, 0.3) is 16.9 Å². The van der Waals surface area contributed by atoms with E-state index in [1.807, 2.05) is 47.4 Å². The van der Waals surface area contributed by atoms with Gasteiger partial charge in [-0.2, -0.15) is 4.98 Å². The molecule has 1 unspecified atom stereocenters. The van der Waals surface area contributed by atoms with Crippen molar-refractivity contribution in [3.05, 3.63) is 96.1 Å². The van der Waals surface area contributed by atoms with Crippen LogP contribution in [0.15, 0.2) is 89.8 Å². The number of piperazine rings is 1. The summed E-state index contributed by atoms with van der Waals surface area (Å²) < 4.78 is 42.4. The number of carbonyl (C=O) groups is 5. The van der Waals surface area contributed by atoms with Crippen LogP contribution in [0.3, 0.4) is 0 Å². The second kappa shape index (κ2) is 20.0. The molecule has 2 aromatic heterocycles. The first-order chi connectivity index (χ1) is 31.4. The van der Waals surface area contributed by atoms with E-state index in [9.17, 15) is 32.4 Å². The van der Waals surface area contributed by atoms with Crippen molar-refractivity contribution < 1.29 is 46.6 Å². The van der Waals surface area contributed by atoms with Crippen LogP contribution in [0.5, 0.6) is 0 Å². The van der Waals surface area contributed by atoms with Crippen molar-refractivity contribution in [2.75, 3.05) is 94.2 Å². The Bertz CT molecular complexity index is 2680. The van der Waals surface area contributed by atoms with Crippen LogP contribution in [0.1, 0.15) is 40.0 Å². The number of pyridine rings is 1. The molecule has 3 N–H and O–H groups in total. The highest BCUT2D eigenvalue weighted by Crippen LogP contribution is 2.30. The van der Waals surface area contributed by atoms with Gasteiger partial charge in [0.2, 0.25) is 23.7 Å². The summed E-state index contributed by atoms with van der Waals surface area (Å²) in [7, 11) is -3.30. The fourth-order valence-electron chi connectivity index (χ4n) is 7.86. The molecule has 2 fully saturated rings. The lowest BCUT2D eigenvalue weighted by Gasteiger charge is -2.36. The van der Waals surface area contributed by atoms with Crippen molar-refractivity contribution in [1.82, 2.24) is 29.7 Å². The molecule has 5 heterocycles. The van der Waals surface area contributed by atoms with Crippen molar-refractivity contribution >= 4 is 68.0 Å². The fraction of sp³-hybridized carbons (Fsp3) is 0.356. The summed E-state index contributed by atoms with van der Waals surface area (Å²) in [5, 5.41) is 13.3. The van der Waals surface area contributed by atoms with E-state index < -0.39 is 39.5 Å². The van der Waals surface area contributed by atoms with E-state index in [4.69, 9.17) is 14.2 Å². The van der Waals surface area contributed by atoms with Crippen molar-refractivity contribution in [1.29, 1.82) is 0 Å². The average Bonchev–Trinajstić information content (AvgIpc) is 3.83. The Balaban J connectivity index is 0.669. The Kier molecular flexibility index (Phi) is 13.8. The molecule has 0 saturated carbocycles. The normalized spacial score (nSPS) is 16.6. The predicted octanol–water partition coefficient (Wildman–Crippen LogP) is 3.15. The number of amides is 5. The number of carbonyl (C=O) groups excluding carboxylic acids is 5. The van der Waals surface area contributed by atoms with Gasteiger partial charge in [-0.15, -0.1) is 5.10 Å². The molecule has 5 amide bonds. The van der Waals surface area contributed by atoms with E-state index in [1.165, 1.54) is 6.26 Å². The highest BCUT2D eigenvalue weighted by molar-refractivity contribution is 7.90. The average molecular weight is 908 g/mol. The minimum absolute atomic E-state index is 0.0512. The highest BCUT2D eigenvalue weighted by atomic mass is 32.2. The van der Waals surface area contributed by atoms with Gasteiger partial charge in [-0.1, -0.05) is 18.2 Å². The number of sulfone groups is 1. The molecule has 340 valence electrons. The van der Waals surface area contributed by atoms with E-state index in [0.29, 0.717) is 89.6 Å². The lowest BCUT2D eigenvalue weighted by atomic mass is 10.0. The second-order valence-electron chi connectivity index (χ2n) is 15.7. The van der Waals surface area contributed by atoms with Crippen LogP contribution in [0, 0.1) is 0 Å². The third-order valence-corrected chi connectivity index (χ3v) is 12.4. The van der Waals surface area contributed by atoms with Crippen LogP contribution in [-0.2, 0) is 38.4 Å². The van der Waals surface area contributed by atoms with Gasteiger partial charge in [0.25, 0.3) is 11.8 Å². The number of ether oxygens (including phenoxy) is 3. The van der Waals surface area contributed by atoms with Gasteiger partial charge in [0.1, 0.15) is 6.04 Å². The Labute approximate surface area is 374 Å². The summed E-state index contributed by atoms with van der Waals surface area (Å²) in [6, 6.07) is 24.1. The number of anilines is 4. The molecule has 0 aliphatic carbocycles. The largest absolute Gasteiger partial charge is 0.383 e. The summed E-state index contributed by atoms with van der Waals surface area (Å²) in [6.45, 7) is 5.20. The Hall–Kier alpha value is -6.74. The lowest BCUT2D eigenvalue weighted by Crippen LogP contribution is -2.54. The van der Waals surface area contributed by atoms with Gasteiger partial charge in [-0.25, -0.2) is 12.9 Å². The summed E-state index contributed by atoms with van der Waals surface area (Å²) in [5.74, 6) is -1.70. The molecule has 2 saturated heterocycles. The maximum absolute atomic E-state index is 13.0. The Morgan fingerprint density at radius 3 is 2.17 bits per heavy atom. The number of fused-ring (bicyclic) bond motifs is 2. The third kappa shape index (κ3) is 10.6. The number of imide groups is 2. The van der Waals surface area contributed by atoms with Crippen molar-refractivity contribution in [3.63, 3.8) is 0 Å². The molecule has 0 radical (unpaired) electrons. The molecule has 8 rings (SSSR count). The van der Waals surface area contributed by atoms with E-state index in [0.717, 1.165) is 27.5 Å². The monoisotopic (exact) mass is 907 g/mol. The number of aromatic nitrogens is 3. The van der Waals surface area contributed by atoms with Crippen molar-refractivity contribution in [2.24, 2.45) is 0 Å². The summed E-state index contributed by atoms with van der Waals surface area (Å²) in [6.07, 6.45) is 1.63. The van der Waals surface area contributed by atoms with Crippen LogP contribution >= 0.6 is 0 Å². The first-order valence-electron chi connectivity index (χ1n) is 21.3. The molecule has 3 aliphatic rings. The third-order valence-electron chi connectivity index (χ3n) is 11.3. The minimum atomic E-state index is -3.30. The number of benzene rings is 3. The first-order valence-corrected chi connectivity index (χ1v) is 23.2. The van der Waals surface area contributed by atoms with E-state index in [-0.39, 0.29) is 41.2 Å². The molecule has 0 bridgehead atoms. The zero-order valence-electron chi connectivity index (χ0n) is 35.7. The molecule has 5 aromatic rings. The predicted molar refractivity (Wildman–Crippen MR) is 239 cm³/mol. The fourth-order valence-corrected chi connectivity index (χ4v) is 8.49. The maximum Gasteiger partial charge on any atom is 0.262 e. The van der Waals surface area contributed by atoms with Gasteiger partial charge in [0.15, 0.2) is 15.5 Å². The van der Waals surface area contributed by atoms with E-state index >= 15 is 0 Å². The van der Waals surface area contributed by atoms with Gasteiger partial charge in [-0.3, -0.25) is 34.2 Å². The summed E-state index contributed by atoms with van der Waals surface area (Å²) >= 11 is 0. The number of hydrogen-bond acceptors (Lipinski definition) is 15. The molecule has 3 aromatic carbocycles. The molecule has 19 nitrogen and oxygen atoms in total. The molecule has 1 atom stereocenters. The standard InChI is InChI=1S/C45H49N9O10S/c1-65(60,61)34-12-5-30(6-13-34)37-3-2-4-39-48-45(50-54(37)39)47-31-7-10-33(11-8-31)51-19-21-52(22-20-51)41(56)17-23-62-25-27-64-28-26-63-24-18-46-32-9-14-35-36(29-32)44(59)53(43(35)58)38-15-16-40(55)49-42(38)57/h2-14,29,38,46H,15-28H2,1H3,(H,47,50)(H,49,55,57). The summed E-state index contributed by atoms with van der Waals surface area (Å²) in [4.78, 5) is 72.5. The molecular formula is C45H49N9O10S. The van der Waals surface area contributed by atoms with Crippen LogP contribution in [0.2, 0.25) is 0 Å². The number of hydrogen-bond donors (Lipinski definition) is 3. The summed E-state index contributed by atoms with van der Waals surface area (Å²) in [5.41, 5.74) is 5.15. The van der Waals surface area contributed by atoms with Gasteiger partial charge < -0.3 is 34.6 Å². The number of piperidine rings is 1. The number of nitrogens with one attached hydrogen (secondary N) is 3. The van der Waals surface area contributed by atoms with Crippen molar-refractivity contribution in [3.8, 4) is 11.3 Å². The maximum atomic E-state index is 13.0. The molecule has 0 spiro atoms. The zero-order valence-corrected chi connectivity index (χ0v) is 36.6.